The van der Waals surface area contributed by atoms with Gasteiger partial charge in [0.1, 0.15) is 0 Å². The molecule has 0 fully saturated rings. The van der Waals surface area contributed by atoms with E-state index in [0.29, 0.717) is 12.0 Å². The quantitative estimate of drug-likeness (QED) is 0.841. The van der Waals surface area contributed by atoms with E-state index in [1.54, 1.807) is 12.1 Å². The summed E-state index contributed by atoms with van der Waals surface area (Å²) in [6.45, 7) is 3.60. The van der Waals surface area contributed by atoms with Crippen molar-refractivity contribution in [2.24, 2.45) is 0 Å². The van der Waals surface area contributed by atoms with Crippen LogP contribution in [0.25, 0.3) is 11.1 Å². The van der Waals surface area contributed by atoms with Crippen molar-refractivity contribution in [2.45, 2.75) is 12.3 Å². The van der Waals surface area contributed by atoms with Gasteiger partial charge in [-0.3, -0.25) is 4.79 Å². The predicted molar refractivity (Wildman–Crippen MR) is 81.8 cm³/mol. The van der Waals surface area contributed by atoms with Gasteiger partial charge < -0.3 is 5.11 Å². The van der Waals surface area contributed by atoms with E-state index in [-0.39, 0.29) is 0 Å². The first-order valence-corrected chi connectivity index (χ1v) is 6.60. The Morgan fingerprint density at radius 2 is 1.95 bits per heavy atom. The zero-order valence-electron chi connectivity index (χ0n) is 11.5. The molecule has 0 saturated heterocycles. The number of aliphatic carboxylic acids is 1. The van der Waals surface area contributed by atoms with E-state index in [9.17, 15) is 9.90 Å². The molecule has 0 aliphatic carbocycles. The van der Waals surface area contributed by atoms with Gasteiger partial charge in [-0.15, -0.1) is 6.58 Å². The van der Waals surface area contributed by atoms with Crippen LogP contribution in [0.4, 0.5) is 0 Å². The lowest BCUT2D eigenvalue weighted by Gasteiger charge is -2.11. The van der Waals surface area contributed by atoms with Crippen LogP contribution in [0.1, 0.15) is 23.5 Å². The molecule has 2 aromatic rings. The van der Waals surface area contributed by atoms with E-state index < -0.39 is 11.9 Å². The second kappa shape index (κ2) is 6.53. The third-order valence-corrected chi connectivity index (χ3v) is 3.34. The normalized spacial score (nSPS) is 11.4. The number of nitriles is 1. The molecule has 21 heavy (non-hydrogen) atoms. The molecule has 0 spiro atoms. The Labute approximate surface area is 123 Å². The second-order valence-electron chi connectivity index (χ2n) is 4.73. The van der Waals surface area contributed by atoms with Crippen molar-refractivity contribution in [3.05, 3.63) is 72.3 Å². The van der Waals surface area contributed by atoms with Crippen LogP contribution in [0.5, 0.6) is 0 Å². The van der Waals surface area contributed by atoms with Crippen molar-refractivity contribution >= 4 is 5.97 Å². The van der Waals surface area contributed by atoms with Crippen LogP contribution >= 0.6 is 0 Å². The molecule has 2 aromatic carbocycles. The molecule has 2 rings (SSSR count). The number of allylic oxidation sites excluding steroid dienone is 1. The van der Waals surface area contributed by atoms with E-state index in [1.165, 1.54) is 0 Å². The standard InChI is InChI=1S/C18H15NO2/c1-2-4-17(18(20)21)15-9-7-14(8-10-15)16-6-3-5-13(11-16)12-19/h2-3,5-11,17H,1,4H2,(H,20,21). The summed E-state index contributed by atoms with van der Waals surface area (Å²) in [6.07, 6.45) is 2.02. The summed E-state index contributed by atoms with van der Waals surface area (Å²) in [7, 11) is 0. The molecule has 0 radical (unpaired) electrons. The van der Waals surface area contributed by atoms with Crippen LogP contribution in [-0.4, -0.2) is 11.1 Å². The van der Waals surface area contributed by atoms with Crippen LogP contribution in [0.2, 0.25) is 0 Å². The monoisotopic (exact) mass is 277 g/mol. The highest BCUT2D eigenvalue weighted by atomic mass is 16.4. The minimum atomic E-state index is -0.853. The Kier molecular flexibility index (Phi) is 4.53. The first-order chi connectivity index (χ1) is 10.2. The van der Waals surface area contributed by atoms with E-state index in [4.69, 9.17) is 5.26 Å². The zero-order valence-corrected chi connectivity index (χ0v) is 11.5. The summed E-state index contributed by atoms with van der Waals surface area (Å²) < 4.78 is 0. The minimum Gasteiger partial charge on any atom is -0.481 e. The van der Waals surface area contributed by atoms with E-state index in [0.717, 1.165) is 16.7 Å². The lowest BCUT2D eigenvalue weighted by Crippen LogP contribution is -2.10. The Morgan fingerprint density at radius 3 is 2.52 bits per heavy atom. The molecule has 0 aromatic heterocycles. The summed E-state index contributed by atoms with van der Waals surface area (Å²) in [6, 6.07) is 16.8. The van der Waals surface area contributed by atoms with E-state index >= 15 is 0 Å². The van der Waals surface area contributed by atoms with Crippen molar-refractivity contribution in [3.63, 3.8) is 0 Å². The molecule has 0 aliphatic rings. The lowest BCUT2D eigenvalue weighted by molar-refractivity contribution is -0.138. The van der Waals surface area contributed by atoms with Gasteiger partial charge in [0.05, 0.1) is 17.6 Å². The molecular weight excluding hydrogens is 262 g/mol. The maximum Gasteiger partial charge on any atom is 0.311 e. The summed E-state index contributed by atoms with van der Waals surface area (Å²) >= 11 is 0. The molecule has 1 N–H and O–H groups in total. The zero-order chi connectivity index (χ0) is 15.2. The summed E-state index contributed by atoms with van der Waals surface area (Å²) in [4.78, 5) is 11.2. The van der Waals surface area contributed by atoms with Gasteiger partial charge in [-0.05, 0) is 35.2 Å². The van der Waals surface area contributed by atoms with Gasteiger partial charge in [0.25, 0.3) is 0 Å². The van der Waals surface area contributed by atoms with Crippen LogP contribution in [0.15, 0.2) is 61.2 Å². The van der Waals surface area contributed by atoms with Crippen LogP contribution < -0.4 is 0 Å². The average molecular weight is 277 g/mol. The van der Waals surface area contributed by atoms with Crippen LogP contribution in [0, 0.1) is 11.3 Å². The van der Waals surface area contributed by atoms with Gasteiger partial charge in [-0.25, -0.2) is 0 Å². The smallest absolute Gasteiger partial charge is 0.311 e. The molecule has 3 nitrogen and oxygen atoms in total. The second-order valence-corrected chi connectivity index (χ2v) is 4.73. The SMILES string of the molecule is C=CCC(C(=O)O)c1ccc(-c2cccc(C#N)c2)cc1. The molecule has 0 saturated carbocycles. The largest absolute Gasteiger partial charge is 0.481 e. The van der Waals surface area contributed by atoms with Gasteiger partial charge in [0.15, 0.2) is 0 Å². The Bertz CT molecular complexity index is 696. The fourth-order valence-electron chi connectivity index (χ4n) is 2.22. The maximum atomic E-state index is 11.2. The Balaban J connectivity index is 2.31. The number of carboxylic acids is 1. The van der Waals surface area contributed by atoms with Gasteiger partial charge >= 0.3 is 5.97 Å². The number of carboxylic acid groups (broad SMARTS) is 1. The third-order valence-electron chi connectivity index (χ3n) is 3.34. The molecule has 0 amide bonds. The van der Waals surface area contributed by atoms with Gasteiger partial charge in [0, 0.05) is 0 Å². The molecule has 1 unspecified atom stereocenters. The molecule has 1 atom stereocenters. The first kappa shape index (κ1) is 14.5. The van der Waals surface area contributed by atoms with Gasteiger partial charge in [0.2, 0.25) is 0 Å². The number of rotatable bonds is 5. The van der Waals surface area contributed by atoms with E-state index in [1.807, 2.05) is 42.5 Å². The molecule has 0 aliphatic heterocycles. The molecule has 104 valence electrons. The fraction of sp³-hybridized carbons (Fsp3) is 0.111. The molecule has 0 bridgehead atoms. The number of carbonyl (C=O) groups is 1. The average Bonchev–Trinajstić information content (AvgIpc) is 2.52. The Hall–Kier alpha value is -2.86. The highest BCUT2D eigenvalue weighted by Crippen LogP contribution is 2.25. The minimum absolute atomic E-state index is 0.401. The van der Waals surface area contributed by atoms with E-state index in [2.05, 4.69) is 12.6 Å². The van der Waals surface area contributed by atoms with Crippen molar-refractivity contribution in [1.82, 2.24) is 0 Å². The van der Waals surface area contributed by atoms with Crippen LogP contribution in [0.3, 0.4) is 0 Å². The summed E-state index contributed by atoms with van der Waals surface area (Å²) in [5, 5.41) is 18.1. The number of nitrogens with zero attached hydrogens (tertiary/aromatic N) is 1. The number of benzene rings is 2. The summed E-state index contributed by atoms with van der Waals surface area (Å²) in [5.41, 5.74) is 3.25. The third kappa shape index (κ3) is 3.37. The molecule has 3 heteroatoms. The van der Waals surface area contributed by atoms with Crippen molar-refractivity contribution in [3.8, 4) is 17.2 Å². The maximum absolute atomic E-state index is 11.2. The van der Waals surface area contributed by atoms with Gasteiger partial charge in [-0.1, -0.05) is 42.5 Å². The van der Waals surface area contributed by atoms with Crippen molar-refractivity contribution in [2.75, 3.05) is 0 Å². The molecule has 0 heterocycles. The lowest BCUT2D eigenvalue weighted by atomic mass is 9.93. The fourth-order valence-corrected chi connectivity index (χ4v) is 2.22. The summed E-state index contributed by atoms with van der Waals surface area (Å²) in [5.74, 6) is -1.42. The predicted octanol–water partition coefficient (Wildman–Crippen LogP) is 3.97. The van der Waals surface area contributed by atoms with Crippen molar-refractivity contribution < 1.29 is 9.90 Å². The molecular formula is C18H15NO2. The highest BCUT2D eigenvalue weighted by Gasteiger charge is 2.17. The number of hydrogen-bond donors (Lipinski definition) is 1. The number of hydrogen-bond acceptors (Lipinski definition) is 2. The van der Waals surface area contributed by atoms with Crippen molar-refractivity contribution in [1.29, 1.82) is 5.26 Å². The highest BCUT2D eigenvalue weighted by molar-refractivity contribution is 5.77. The Morgan fingerprint density at radius 1 is 1.24 bits per heavy atom. The van der Waals surface area contributed by atoms with Crippen LogP contribution in [-0.2, 0) is 4.79 Å². The topological polar surface area (TPSA) is 61.1 Å². The first-order valence-electron chi connectivity index (χ1n) is 6.60. The van der Waals surface area contributed by atoms with Gasteiger partial charge in [-0.2, -0.15) is 5.26 Å².